The average molecular weight is 251 g/mol. The van der Waals surface area contributed by atoms with Gasteiger partial charge in [0.25, 0.3) is 0 Å². The van der Waals surface area contributed by atoms with Gasteiger partial charge in [-0.3, -0.25) is 0 Å². The maximum atomic E-state index is 13.0. The van der Waals surface area contributed by atoms with Crippen molar-refractivity contribution in [2.75, 3.05) is 6.54 Å². The zero-order valence-electron chi connectivity index (χ0n) is 10.8. The summed E-state index contributed by atoms with van der Waals surface area (Å²) in [5.74, 6) is -1.31. The molecule has 0 heterocycles. The number of alkyl halides is 3. The lowest BCUT2D eigenvalue weighted by atomic mass is 9.73. The molecule has 0 aromatic rings. The highest BCUT2D eigenvalue weighted by Crippen LogP contribution is 2.43. The number of halogens is 3. The molecule has 0 spiro atoms. The molecule has 4 heteroatoms. The standard InChI is InChI=1S/C13H24F3N/c1-3-7-12(17-4-2)10-8-5-6-9-11(10)13(14,15)16/h10-12,17H,3-9H2,1-2H3. The van der Waals surface area contributed by atoms with Crippen LogP contribution < -0.4 is 5.32 Å². The number of hydrogen-bond donors (Lipinski definition) is 1. The van der Waals surface area contributed by atoms with Crippen molar-refractivity contribution in [2.24, 2.45) is 11.8 Å². The van der Waals surface area contributed by atoms with Gasteiger partial charge in [-0.25, -0.2) is 0 Å². The van der Waals surface area contributed by atoms with Crippen LogP contribution in [0, 0.1) is 11.8 Å². The summed E-state index contributed by atoms with van der Waals surface area (Å²) in [6.07, 6.45) is 0.493. The molecule has 1 aliphatic rings. The van der Waals surface area contributed by atoms with Gasteiger partial charge in [-0.1, -0.05) is 33.1 Å². The molecular weight excluding hydrogens is 227 g/mol. The third-order valence-electron chi connectivity index (χ3n) is 3.82. The molecular formula is C13H24F3N. The maximum absolute atomic E-state index is 13.0. The maximum Gasteiger partial charge on any atom is 0.392 e. The van der Waals surface area contributed by atoms with E-state index in [9.17, 15) is 13.2 Å². The smallest absolute Gasteiger partial charge is 0.314 e. The first-order valence-electron chi connectivity index (χ1n) is 6.80. The summed E-state index contributed by atoms with van der Waals surface area (Å²) in [7, 11) is 0. The second-order valence-electron chi connectivity index (χ2n) is 5.05. The SMILES string of the molecule is CCCC(NCC)C1CCCCC1C(F)(F)F. The summed E-state index contributed by atoms with van der Waals surface area (Å²) < 4.78 is 39.0. The Labute approximate surface area is 102 Å². The molecule has 0 aliphatic heterocycles. The first kappa shape index (κ1) is 14.8. The van der Waals surface area contributed by atoms with Crippen LogP contribution in [0.3, 0.4) is 0 Å². The highest BCUT2D eigenvalue weighted by Gasteiger charge is 2.47. The molecule has 1 N–H and O–H groups in total. The third-order valence-corrected chi connectivity index (χ3v) is 3.82. The Morgan fingerprint density at radius 1 is 1.18 bits per heavy atom. The fourth-order valence-corrected chi connectivity index (χ4v) is 3.09. The number of nitrogens with one attached hydrogen (secondary N) is 1. The molecule has 1 fully saturated rings. The van der Waals surface area contributed by atoms with Crippen LogP contribution in [0.4, 0.5) is 13.2 Å². The van der Waals surface area contributed by atoms with Crippen molar-refractivity contribution in [3.63, 3.8) is 0 Å². The first-order chi connectivity index (χ1) is 8.00. The van der Waals surface area contributed by atoms with E-state index in [1.54, 1.807) is 0 Å². The highest BCUT2D eigenvalue weighted by molar-refractivity contribution is 4.88. The van der Waals surface area contributed by atoms with E-state index in [0.29, 0.717) is 6.42 Å². The summed E-state index contributed by atoms with van der Waals surface area (Å²) in [6.45, 7) is 4.76. The summed E-state index contributed by atoms with van der Waals surface area (Å²) in [5, 5.41) is 3.26. The van der Waals surface area contributed by atoms with Gasteiger partial charge in [0.1, 0.15) is 0 Å². The Kier molecular flexibility index (Phi) is 5.77. The molecule has 1 saturated carbocycles. The largest absolute Gasteiger partial charge is 0.392 e. The Hall–Kier alpha value is -0.250. The van der Waals surface area contributed by atoms with Crippen LogP contribution in [-0.4, -0.2) is 18.8 Å². The fourth-order valence-electron chi connectivity index (χ4n) is 3.09. The van der Waals surface area contributed by atoms with E-state index in [1.807, 2.05) is 13.8 Å². The topological polar surface area (TPSA) is 12.0 Å². The lowest BCUT2D eigenvalue weighted by Gasteiger charge is -2.38. The van der Waals surface area contributed by atoms with Gasteiger partial charge in [-0.05, 0) is 31.7 Å². The molecule has 0 amide bonds. The van der Waals surface area contributed by atoms with E-state index in [-0.39, 0.29) is 12.0 Å². The van der Waals surface area contributed by atoms with Crippen LogP contribution in [0.15, 0.2) is 0 Å². The molecule has 1 aliphatic carbocycles. The van der Waals surface area contributed by atoms with E-state index >= 15 is 0 Å². The second kappa shape index (κ2) is 6.62. The third kappa shape index (κ3) is 4.16. The molecule has 3 unspecified atom stereocenters. The minimum atomic E-state index is -4.02. The highest BCUT2D eigenvalue weighted by atomic mass is 19.4. The predicted molar refractivity (Wildman–Crippen MR) is 63.9 cm³/mol. The van der Waals surface area contributed by atoms with Gasteiger partial charge in [0.2, 0.25) is 0 Å². The lowest BCUT2D eigenvalue weighted by molar-refractivity contribution is -0.199. The van der Waals surface area contributed by atoms with Gasteiger partial charge in [0.15, 0.2) is 0 Å². The van der Waals surface area contributed by atoms with Crippen molar-refractivity contribution >= 4 is 0 Å². The minimum Gasteiger partial charge on any atom is -0.314 e. The van der Waals surface area contributed by atoms with Crippen LogP contribution in [0.25, 0.3) is 0 Å². The van der Waals surface area contributed by atoms with Crippen LogP contribution in [0.5, 0.6) is 0 Å². The van der Waals surface area contributed by atoms with Gasteiger partial charge in [-0.15, -0.1) is 0 Å². The van der Waals surface area contributed by atoms with Gasteiger partial charge >= 0.3 is 6.18 Å². The van der Waals surface area contributed by atoms with Crippen molar-refractivity contribution in [2.45, 2.75) is 64.6 Å². The zero-order valence-corrected chi connectivity index (χ0v) is 10.8. The van der Waals surface area contributed by atoms with Crippen molar-refractivity contribution < 1.29 is 13.2 Å². The predicted octanol–water partition coefficient (Wildman–Crippen LogP) is 4.13. The van der Waals surface area contributed by atoms with Crippen molar-refractivity contribution in [1.29, 1.82) is 0 Å². The Bertz CT molecular complexity index is 209. The summed E-state index contributed by atoms with van der Waals surface area (Å²) in [5.41, 5.74) is 0. The van der Waals surface area contributed by atoms with Crippen molar-refractivity contribution in [1.82, 2.24) is 5.32 Å². The summed E-state index contributed by atoms with van der Waals surface area (Å²) >= 11 is 0. The molecule has 3 atom stereocenters. The number of rotatable bonds is 5. The molecule has 1 rings (SSSR count). The minimum absolute atomic E-state index is 0.0388. The average Bonchev–Trinajstić information content (AvgIpc) is 2.28. The molecule has 17 heavy (non-hydrogen) atoms. The van der Waals surface area contributed by atoms with Crippen molar-refractivity contribution in [3.05, 3.63) is 0 Å². The van der Waals surface area contributed by atoms with E-state index in [0.717, 1.165) is 38.6 Å². The van der Waals surface area contributed by atoms with Crippen LogP contribution in [0.1, 0.15) is 52.4 Å². The molecule has 0 aromatic heterocycles. The Morgan fingerprint density at radius 2 is 1.82 bits per heavy atom. The van der Waals surface area contributed by atoms with E-state index < -0.39 is 12.1 Å². The summed E-state index contributed by atoms with van der Waals surface area (Å²) in [4.78, 5) is 0. The van der Waals surface area contributed by atoms with Crippen LogP contribution >= 0.6 is 0 Å². The quantitative estimate of drug-likeness (QED) is 0.774. The van der Waals surface area contributed by atoms with Crippen LogP contribution in [0.2, 0.25) is 0 Å². The monoisotopic (exact) mass is 251 g/mol. The van der Waals surface area contributed by atoms with Gasteiger partial charge in [-0.2, -0.15) is 13.2 Å². The van der Waals surface area contributed by atoms with Gasteiger partial charge < -0.3 is 5.32 Å². The normalized spacial score (nSPS) is 28.1. The zero-order chi connectivity index (χ0) is 12.9. The Balaban J connectivity index is 2.73. The van der Waals surface area contributed by atoms with Gasteiger partial charge in [0.05, 0.1) is 5.92 Å². The van der Waals surface area contributed by atoms with E-state index in [2.05, 4.69) is 5.32 Å². The Morgan fingerprint density at radius 3 is 2.35 bits per heavy atom. The molecule has 1 nitrogen and oxygen atoms in total. The number of hydrogen-bond acceptors (Lipinski definition) is 1. The fraction of sp³-hybridized carbons (Fsp3) is 1.00. The molecule has 0 radical (unpaired) electrons. The van der Waals surface area contributed by atoms with Gasteiger partial charge in [0, 0.05) is 6.04 Å². The molecule has 0 saturated heterocycles. The van der Waals surface area contributed by atoms with Crippen LogP contribution in [-0.2, 0) is 0 Å². The lowest BCUT2D eigenvalue weighted by Crippen LogP contribution is -2.45. The first-order valence-corrected chi connectivity index (χ1v) is 6.80. The van der Waals surface area contributed by atoms with Crippen molar-refractivity contribution in [3.8, 4) is 0 Å². The molecule has 0 bridgehead atoms. The van der Waals surface area contributed by atoms with E-state index in [4.69, 9.17) is 0 Å². The summed E-state index contributed by atoms with van der Waals surface area (Å²) in [6, 6.07) is 0.0388. The molecule has 102 valence electrons. The molecule has 0 aromatic carbocycles. The van der Waals surface area contributed by atoms with E-state index in [1.165, 1.54) is 0 Å². The second-order valence-corrected chi connectivity index (χ2v) is 5.05.